The summed E-state index contributed by atoms with van der Waals surface area (Å²) >= 11 is 12.7. The number of hydrazone groups is 1. The first kappa shape index (κ1) is 28.8. The Morgan fingerprint density at radius 3 is 2.35 bits per heavy atom. The molecule has 0 bridgehead atoms. The van der Waals surface area contributed by atoms with Crippen molar-refractivity contribution in [3.05, 3.63) is 117 Å². The number of hydrogen-bond acceptors (Lipinski definition) is 6. The number of amides is 1. The maximum atomic E-state index is 12.8. The third-order valence-corrected chi connectivity index (χ3v) is 6.35. The Balaban J connectivity index is 1.41. The van der Waals surface area contributed by atoms with Gasteiger partial charge in [-0.1, -0.05) is 71.7 Å². The molecule has 0 aliphatic rings. The lowest BCUT2D eigenvalue weighted by molar-refractivity contribution is 0.0954. The van der Waals surface area contributed by atoms with Crippen LogP contribution in [0.25, 0.3) is 0 Å². The number of carbonyl (C=O) groups excluding carboxylic acids is 1. The lowest BCUT2D eigenvalue weighted by atomic mass is 10.2. The molecular weight excluding hydrogens is 551 g/mol. The van der Waals surface area contributed by atoms with Crippen molar-refractivity contribution in [3.8, 4) is 23.0 Å². The van der Waals surface area contributed by atoms with Gasteiger partial charge in [0, 0.05) is 16.1 Å². The van der Waals surface area contributed by atoms with Gasteiger partial charge in [-0.15, -0.1) is 0 Å². The number of halogens is 2. The molecule has 40 heavy (non-hydrogen) atoms. The van der Waals surface area contributed by atoms with Gasteiger partial charge in [-0.2, -0.15) is 5.10 Å². The van der Waals surface area contributed by atoms with Crippen molar-refractivity contribution < 1.29 is 23.7 Å². The van der Waals surface area contributed by atoms with E-state index in [1.807, 2.05) is 55.5 Å². The van der Waals surface area contributed by atoms with Gasteiger partial charge in [0.1, 0.15) is 13.2 Å². The van der Waals surface area contributed by atoms with Gasteiger partial charge in [0.15, 0.2) is 23.0 Å². The molecular formula is C31H28Cl2N2O5. The van der Waals surface area contributed by atoms with Crippen LogP contribution in [0.5, 0.6) is 23.0 Å². The number of benzene rings is 4. The Kier molecular flexibility index (Phi) is 10.3. The highest BCUT2D eigenvalue weighted by atomic mass is 35.5. The van der Waals surface area contributed by atoms with Crippen LogP contribution in [0, 0.1) is 0 Å². The molecule has 0 aliphatic heterocycles. The van der Waals surface area contributed by atoms with Crippen molar-refractivity contribution in [2.75, 3.05) is 13.7 Å². The monoisotopic (exact) mass is 578 g/mol. The first-order chi connectivity index (χ1) is 19.5. The van der Waals surface area contributed by atoms with Crippen LogP contribution < -0.4 is 24.4 Å². The molecule has 0 spiro atoms. The fraction of sp³-hybridized carbons (Fsp3) is 0.161. The molecule has 0 fully saturated rings. The zero-order valence-corrected chi connectivity index (χ0v) is 23.5. The smallest absolute Gasteiger partial charge is 0.271 e. The van der Waals surface area contributed by atoms with E-state index in [0.717, 1.165) is 11.1 Å². The first-order valence-electron chi connectivity index (χ1n) is 12.5. The molecule has 4 aromatic rings. The van der Waals surface area contributed by atoms with Gasteiger partial charge in [-0.25, -0.2) is 5.43 Å². The zero-order valence-electron chi connectivity index (χ0n) is 22.0. The summed E-state index contributed by atoms with van der Waals surface area (Å²) < 4.78 is 23.0. The summed E-state index contributed by atoms with van der Waals surface area (Å²) in [4.78, 5) is 12.8. The van der Waals surface area contributed by atoms with Gasteiger partial charge in [-0.3, -0.25) is 4.79 Å². The second kappa shape index (κ2) is 14.3. The van der Waals surface area contributed by atoms with E-state index >= 15 is 0 Å². The number of ether oxygens (including phenoxy) is 4. The number of methoxy groups -OCH3 is 1. The lowest BCUT2D eigenvalue weighted by Crippen LogP contribution is -2.17. The highest BCUT2D eigenvalue weighted by molar-refractivity contribution is 6.32. The van der Waals surface area contributed by atoms with Crippen molar-refractivity contribution in [2.24, 2.45) is 5.10 Å². The summed E-state index contributed by atoms with van der Waals surface area (Å²) in [6.45, 7) is 2.89. The molecule has 1 amide bonds. The quantitative estimate of drug-likeness (QED) is 0.141. The van der Waals surface area contributed by atoms with Crippen molar-refractivity contribution in [1.29, 1.82) is 0 Å². The van der Waals surface area contributed by atoms with Gasteiger partial charge in [0.05, 0.1) is 25.0 Å². The number of nitrogens with one attached hydrogen (secondary N) is 1. The summed E-state index contributed by atoms with van der Waals surface area (Å²) in [6, 6.07) is 25.5. The minimum absolute atomic E-state index is 0.221. The first-order valence-corrected chi connectivity index (χ1v) is 13.2. The Morgan fingerprint density at radius 2 is 1.60 bits per heavy atom. The van der Waals surface area contributed by atoms with Gasteiger partial charge in [-0.05, 0) is 54.4 Å². The maximum Gasteiger partial charge on any atom is 0.271 e. The third-order valence-electron chi connectivity index (χ3n) is 5.70. The molecule has 9 heteroatoms. The molecule has 0 saturated carbocycles. The molecule has 4 aromatic carbocycles. The highest BCUT2D eigenvalue weighted by Gasteiger charge is 2.14. The molecule has 0 saturated heterocycles. The van der Waals surface area contributed by atoms with Crippen LogP contribution in [0.4, 0.5) is 0 Å². The number of rotatable bonds is 12. The van der Waals surface area contributed by atoms with Gasteiger partial charge in [0.2, 0.25) is 0 Å². The summed E-state index contributed by atoms with van der Waals surface area (Å²) in [5.41, 5.74) is 5.34. The standard InChI is InChI=1S/C31H28Cl2N2O5/c1-3-38-28-17-23(13-14-27(28)39-19-21-9-5-4-6-10-21)31(36)35-34-18-22-15-26(33)30(29(16-22)37-2)40-20-24-11-7-8-12-25(24)32/h4-18H,3,19-20H2,1-2H3,(H,35,36)/b34-18+. The number of nitrogens with zero attached hydrogens (tertiary/aromatic N) is 1. The van der Waals surface area contributed by atoms with E-state index in [0.29, 0.717) is 57.4 Å². The predicted octanol–water partition coefficient (Wildman–Crippen LogP) is 7.32. The van der Waals surface area contributed by atoms with Crippen molar-refractivity contribution in [1.82, 2.24) is 5.43 Å². The Bertz CT molecular complexity index is 1480. The molecule has 4 rings (SSSR count). The van der Waals surface area contributed by atoms with Gasteiger partial charge < -0.3 is 18.9 Å². The molecule has 0 aliphatic carbocycles. The fourth-order valence-electron chi connectivity index (χ4n) is 3.72. The highest BCUT2D eigenvalue weighted by Crippen LogP contribution is 2.37. The van der Waals surface area contributed by atoms with Crippen LogP contribution in [0.1, 0.15) is 34.0 Å². The molecule has 0 atom stereocenters. The van der Waals surface area contributed by atoms with E-state index in [9.17, 15) is 4.79 Å². The van der Waals surface area contributed by atoms with E-state index < -0.39 is 5.91 Å². The molecule has 0 radical (unpaired) electrons. The Hall–Kier alpha value is -4.20. The van der Waals surface area contributed by atoms with Crippen molar-refractivity contribution in [2.45, 2.75) is 20.1 Å². The zero-order chi connectivity index (χ0) is 28.3. The van der Waals surface area contributed by atoms with Crippen molar-refractivity contribution in [3.63, 3.8) is 0 Å². The van der Waals surface area contributed by atoms with Crippen molar-refractivity contribution >= 4 is 35.3 Å². The molecule has 206 valence electrons. The summed E-state index contributed by atoms with van der Waals surface area (Å²) in [5.74, 6) is 1.40. The molecule has 1 N–H and O–H groups in total. The largest absolute Gasteiger partial charge is 0.493 e. The van der Waals surface area contributed by atoms with Gasteiger partial charge in [0.25, 0.3) is 5.91 Å². The van der Waals surface area contributed by atoms with Crippen LogP contribution in [0.2, 0.25) is 10.0 Å². The average molecular weight is 579 g/mol. The van der Waals surface area contributed by atoms with Crippen LogP contribution in [-0.4, -0.2) is 25.8 Å². The van der Waals surface area contributed by atoms with Gasteiger partial charge >= 0.3 is 0 Å². The third kappa shape index (κ3) is 7.68. The maximum absolute atomic E-state index is 12.8. The van der Waals surface area contributed by atoms with E-state index in [2.05, 4.69) is 10.5 Å². The summed E-state index contributed by atoms with van der Waals surface area (Å²) in [7, 11) is 1.51. The second-order valence-corrected chi connectivity index (χ2v) is 9.30. The fourth-order valence-corrected chi connectivity index (χ4v) is 4.19. The van der Waals surface area contributed by atoms with E-state index in [1.54, 1.807) is 36.4 Å². The predicted molar refractivity (Wildman–Crippen MR) is 157 cm³/mol. The molecule has 0 aromatic heterocycles. The molecule has 0 heterocycles. The number of hydrogen-bond donors (Lipinski definition) is 1. The lowest BCUT2D eigenvalue weighted by Gasteiger charge is -2.14. The SMILES string of the molecule is CCOc1cc(C(=O)N/N=C/c2cc(Cl)c(OCc3ccccc3Cl)c(OC)c2)ccc1OCc1ccccc1. The molecule has 7 nitrogen and oxygen atoms in total. The minimum atomic E-state index is -0.412. The van der Waals surface area contributed by atoms with Crippen LogP contribution in [-0.2, 0) is 13.2 Å². The van der Waals surface area contributed by atoms with E-state index in [4.69, 9.17) is 42.1 Å². The Labute approximate surface area is 243 Å². The molecule has 0 unspecified atom stereocenters. The summed E-state index contributed by atoms with van der Waals surface area (Å²) in [6.07, 6.45) is 1.46. The topological polar surface area (TPSA) is 78.4 Å². The minimum Gasteiger partial charge on any atom is -0.493 e. The van der Waals surface area contributed by atoms with Crippen LogP contribution in [0.3, 0.4) is 0 Å². The van der Waals surface area contributed by atoms with E-state index in [1.165, 1.54) is 13.3 Å². The van der Waals surface area contributed by atoms with E-state index in [-0.39, 0.29) is 6.61 Å². The Morgan fingerprint density at radius 1 is 0.825 bits per heavy atom. The number of carbonyl (C=O) groups is 1. The van der Waals surface area contributed by atoms with Crippen LogP contribution >= 0.6 is 23.2 Å². The average Bonchev–Trinajstić information content (AvgIpc) is 2.97. The normalized spacial score (nSPS) is 10.8. The van der Waals surface area contributed by atoms with Crippen LogP contribution in [0.15, 0.2) is 90.0 Å². The summed E-state index contributed by atoms with van der Waals surface area (Å²) in [5, 5.41) is 5.00. The second-order valence-electron chi connectivity index (χ2n) is 8.48.